The van der Waals surface area contributed by atoms with Gasteiger partial charge in [-0.15, -0.1) is 0 Å². The van der Waals surface area contributed by atoms with Crippen molar-refractivity contribution < 1.29 is 0 Å². The van der Waals surface area contributed by atoms with Crippen LogP contribution in [0.15, 0.2) is 170 Å². The lowest BCUT2D eigenvalue weighted by Gasteiger charge is -2.26. The molecule has 9 aromatic rings. The van der Waals surface area contributed by atoms with Crippen LogP contribution >= 0.6 is 0 Å². The van der Waals surface area contributed by atoms with Crippen LogP contribution in [0.5, 0.6) is 0 Å². The summed E-state index contributed by atoms with van der Waals surface area (Å²) in [6, 6.07) is 63.8. The third-order valence-corrected chi connectivity index (χ3v) is 12.8. The minimum Gasteiger partial charge on any atom is -0.0622 e. The molecule has 0 bridgehead atoms. The zero-order valence-electron chi connectivity index (χ0n) is 31.2. The van der Waals surface area contributed by atoms with Crippen molar-refractivity contribution in [2.75, 3.05) is 0 Å². The Morgan fingerprint density at radius 2 is 0.852 bits per heavy atom. The van der Waals surface area contributed by atoms with Crippen molar-refractivity contribution >= 4 is 32.3 Å². The van der Waals surface area contributed by atoms with Crippen molar-refractivity contribution in [3.63, 3.8) is 0 Å². The van der Waals surface area contributed by atoms with Gasteiger partial charge in [0.05, 0.1) is 0 Å². The summed E-state index contributed by atoms with van der Waals surface area (Å²) in [4.78, 5) is 0. The molecule has 0 N–H and O–H groups in total. The summed E-state index contributed by atoms with van der Waals surface area (Å²) in [5, 5.41) is 7.64. The van der Waals surface area contributed by atoms with Crippen LogP contribution < -0.4 is 0 Å². The molecule has 11 rings (SSSR count). The lowest BCUT2D eigenvalue weighted by Crippen LogP contribution is -2.18. The largest absolute Gasteiger partial charge is 0.0622 e. The highest BCUT2D eigenvalue weighted by molar-refractivity contribution is 6.23. The molecule has 2 aliphatic carbocycles. The van der Waals surface area contributed by atoms with Gasteiger partial charge in [-0.2, -0.15) is 0 Å². The number of hydrogen-bond acceptors (Lipinski definition) is 0. The highest BCUT2D eigenvalue weighted by Gasteiger charge is 2.44. The summed E-state index contributed by atoms with van der Waals surface area (Å²) >= 11 is 0. The normalized spacial score (nSPS) is 14.6. The van der Waals surface area contributed by atoms with Crippen LogP contribution in [0.1, 0.15) is 49.9 Å². The average molecular weight is 689 g/mol. The zero-order valence-corrected chi connectivity index (χ0v) is 31.2. The maximum absolute atomic E-state index is 2.48. The number of benzene rings is 9. The second kappa shape index (κ2) is 11.1. The van der Waals surface area contributed by atoms with Crippen LogP contribution in [0.25, 0.3) is 88.0 Å². The van der Waals surface area contributed by atoms with Crippen molar-refractivity contribution in [3.8, 4) is 55.6 Å². The number of fused-ring (bicyclic) bond motifs is 10. The standard InChI is InChI=1S/C54H40/c1-53(2)46-25-15-14-24-43(46)51-48(53)29-27-42-44-31-34(26-28-47(44)54(3,4)52(42)51)36-30-35-18-8-9-19-37(35)45(32-36)50-40-22-12-10-20-38(40)49(33-16-6-5-7-17-33)39-21-11-13-23-41(39)50/h5-32H,1-4H3. The Bertz CT molecular complexity index is 2970. The van der Waals surface area contributed by atoms with Gasteiger partial charge in [0, 0.05) is 10.8 Å². The van der Waals surface area contributed by atoms with Crippen molar-refractivity contribution in [2.24, 2.45) is 0 Å². The van der Waals surface area contributed by atoms with E-state index in [0.717, 1.165) is 0 Å². The summed E-state index contributed by atoms with van der Waals surface area (Å²) in [7, 11) is 0. The predicted molar refractivity (Wildman–Crippen MR) is 230 cm³/mol. The molecular weight excluding hydrogens is 649 g/mol. The highest BCUT2D eigenvalue weighted by Crippen LogP contribution is 2.59. The molecule has 0 aromatic heterocycles. The topological polar surface area (TPSA) is 0 Å². The first-order valence-electron chi connectivity index (χ1n) is 19.3. The van der Waals surface area contributed by atoms with Gasteiger partial charge in [0.1, 0.15) is 0 Å². The summed E-state index contributed by atoms with van der Waals surface area (Å²) in [5.74, 6) is 0. The molecule has 0 nitrogen and oxygen atoms in total. The molecule has 0 heterocycles. The lowest BCUT2D eigenvalue weighted by atomic mass is 9.77. The molecule has 0 amide bonds. The molecule has 2 aliphatic rings. The summed E-state index contributed by atoms with van der Waals surface area (Å²) in [6.07, 6.45) is 0. The molecule has 0 heteroatoms. The van der Waals surface area contributed by atoms with Crippen LogP contribution in [0.2, 0.25) is 0 Å². The van der Waals surface area contributed by atoms with Gasteiger partial charge in [0.2, 0.25) is 0 Å². The molecule has 0 spiro atoms. The van der Waals surface area contributed by atoms with Gasteiger partial charge >= 0.3 is 0 Å². The lowest BCUT2D eigenvalue weighted by molar-refractivity contribution is 0.647. The fourth-order valence-electron chi connectivity index (χ4n) is 10.3. The Labute approximate surface area is 317 Å². The third-order valence-electron chi connectivity index (χ3n) is 12.8. The second-order valence-electron chi connectivity index (χ2n) is 16.4. The van der Waals surface area contributed by atoms with E-state index < -0.39 is 0 Å². The van der Waals surface area contributed by atoms with Crippen LogP contribution in [-0.2, 0) is 10.8 Å². The maximum atomic E-state index is 2.48. The molecule has 0 radical (unpaired) electrons. The van der Waals surface area contributed by atoms with E-state index in [1.54, 1.807) is 0 Å². The van der Waals surface area contributed by atoms with Gasteiger partial charge in [0.25, 0.3) is 0 Å². The monoisotopic (exact) mass is 688 g/mol. The summed E-state index contributed by atoms with van der Waals surface area (Å²) in [6.45, 7) is 9.62. The smallest absolute Gasteiger partial charge is 0.0165 e. The van der Waals surface area contributed by atoms with Gasteiger partial charge in [-0.1, -0.05) is 179 Å². The Morgan fingerprint density at radius 3 is 1.57 bits per heavy atom. The van der Waals surface area contributed by atoms with Crippen LogP contribution in [0.4, 0.5) is 0 Å². The number of hydrogen-bond donors (Lipinski definition) is 0. The van der Waals surface area contributed by atoms with Crippen molar-refractivity contribution in [2.45, 2.75) is 38.5 Å². The molecule has 0 saturated heterocycles. The van der Waals surface area contributed by atoms with Gasteiger partial charge in [-0.25, -0.2) is 0 Å². The SMILES string of the molecule is CC1(C)c2ccccc2-c2c1ccc1c2C(C)(C)c2ccc(-c3cc(-c4c5ccccc5c(-c5ccccc5)c5ccccc45)c4ccccc4c3)cc2-1. The first kappa shape index (κ1) is 31.3. The molecule has 0 atom stereocenters. The van der Waals surface area contributed by atoms with Crippen LogP contribution in [-0.4, -0.2) is 0 Å². The first-order chi connectivity index (χ1) is 26.3. The Morgan fingerprint density at radius 1 is 0.296 bits per heavy atom. The van der Waals surface area contributed by atoms with Gasteiger partial charge in [0.15, 0.2) is 0 Å². The Hall–Kier alpha value is -6.24. The quantitative estimate of drug-likeness (QED) is 0.162. The fourth-order valence-corrected chi connectivity index (χ4v) is 10.3. The van der Waals surface area contributed by atoms with E-state index in [0.29, 0.717) is 0 Å². The molecular formula is C54H40. The van der Waals surface area contributed by atoms with E-state index in [1.165, 1.54) is 110 Å². The fraction of sp³-hybridized carbons (Fsp3) is 0.111. The molecule has 54 heavy (non-hydrogen) atoms. The summed E-state index contributed by atoms with van der Waals surface area (Å²) < 4.78 is 0. The first-order valence-corrected chi connectivity index (χ1v) is 19.3. The summed E-state index contributed by atoms with van der Waals surface area (Å²) in [5.41, 5.74) is 18.8. The molecule has 0 unspecified atom stereocenters. The number of rotatable bonds is 3. The molecule has 0 saturated carbocycles. The van der Waals surface area contributed by atoms with Gasteiger partial charge in [-0.3, -0.25) is 0 Å². The minimum atomic E-state index is -0.116. The van der Waals surface area contributed by atoms with E-state index >= 15 is 0 Å². The van der Waals surface area contributed by atoms with Gasteiger partial charge < -0.3 is 0 Å². The van der Waals surface area contributed by atoms with Gasteiger partial charge in [-0.05, 0) is 128 Å². The van der Waals surface area contributed by atoms with E-state index in [9.17, 15) is 0 Å². The van der Waals surface area contributed by atoms with Crippen molar-refractivity contribution in [3.05, 3.63) is 192 Å². The third kappa shape index (κ3) is 4.20. The van der Waals surface area contributed by atoms with E-state index in [2.05, 4.69) is 198 Å². The Kier molecular flexibility index (Phi) is 6.46. The molecule has 9 aromatic carbocycles. The maximum Gasteiger partial charge on any atom is 0.0165 e. The van der Waals surface area contributed by atoms with E-state index in [4.69, 9.17) is 0 Å². The molecule has 0 aliphatic heterocycles. The molecule has 0 fully saturated rings. The minimum absolute atomic E-state index is 0.0217. The zero-order chi connectivity index (χ0) is 36.3. The average Bonchev–Trinajstić information content (AvgIpc) is 3.59. The van der Waals surface area contributed by atoms with Crippen molar-refractivity contribution in [1.82, 2.24) is 0 Å². The van der Waals surface area contributed by atoms with Crippen molar-refractivity contribution in [1.29, 1.82) is 0 Å². The predicted octanol–water partition coefficient (Wildman–Crippen LogP) is 14.8. The van der Waals surface area contributed by atoms with E-state index in [1.807, 2.05) is 0 Å². The van der Waals surface area contributed by atoms with E-state index in [-0.39, 0.29) is 10.8 Å². The van der Waals surface area contributed by atoms with Crippen LogP contribution in [0, 0.1) is 0 Å². The highest BCUT2D eigenvalue weighted by atomic mass is 14.5. The Balaban J connectivity index is 1.16. The molecule has 256 valence electrons. The second-order valence-corrected chi connectivity index (χ2v) is 16.4. The van der Waals surface area contributed by atoms with Crippen LogP contribution in [0.3, 0.4) is 0 Å².